The van der Waals surface area contributed by atoms with Crippen molar-refractivity contribution in [2.75, 3.05) is 6.54 Å². The average Bonchev–Trinajstić information content (AvgIpc) is 2.34. The van der Waals surface area contributed by atoms with Crippen LogP contribution in [0, 0.1) is 5.82 Å². The smallest absolute Gasteiger partial charge is 0.123 e. The monoisotopic (exact) mass is 237 g/mol. The van der Waals surface area contributed by atoms with Crippen molar-refractivity contribution in [3.63, 3.8) is 0 Å². The van der Waals surface area contributed by atoms with Crippen molar-refractivity contribution in [3.05, 3.63) is 35.6 Å². The number of halogens is 1. The molecule has 2 heteroatoms. The molecule has 0 aliphatic heterocycles. The zero-order valence-electron chi connectivity index (χ0n) is 11.0. The summed E-state index contributed by atoms with van der Waals surface area (Å²) in [5, 5.41) is 3.47. The Kier molecular flexibility index (Phi) is 6.87. The van der Waals surface area contributed by atoms with E-state index in [1.54, 1.807) is 0 Å². The summed E-state index contributed by atoms with van der Waals surface area (Å²) in [5.74, 6) is -0.166. The molecule has 1 N–H and O–H groups in total. The Morgan fingerprint density at radius 3 is 2.35 bits per heavy atom. The third kappa shape index (κ3) is 5.83. The Balaban J connectivity index is 2.16. The van der Waals surface area contributed by atoms with Gasteiger partial charge in [0.1, 0.15) is 5.82 Å². The Morgan fingerprint density at radius 2 is 1.71 bits per heavy atom. The summed E-state index contributed by atoms with van der Waals surface area (Å²) in [5.41, 5.74) is 1.15. The van der Waals surface area contributed by atoms with E-state index in [-0.39, 0.29) is 5.82 Å². The highest BCUT2D eigenvalue weighted by atomic mass is 19.1. The second kappa shape index (κ2) is 8.24. The first-order chi connectivity index (χ1) is 8.24. The molecule has 0 aliphatic rings. The van der Waals surface area contributed by atoms with Crippen molar-refractivity contribution in [3.8, 4) is 0 Å². The lowest BCUT2D eigenvalue weighted by Crippen LogP contribution is -2.19. The van der Waals surface area contributed by atoms with Crippen molar-refractivity contribution in [1.82, 2.24) is 5.32 Å². The van der Waals surface area contributed by atoms with E-state index < -0.39 is 0 Å². The standard InChI is InChI=1S/C15H24FN/c1-3-4-5-6-7-12-17-13(2)14-8-10-15(16)11-9-14/h8-11,13,17H,3-7,12H2,1-2H3. The van der Waals surface area contributed by atoms with Crippen LogP contribution in [0.25, 0.3) is 0 Å². The fraction of sp³-hybridized carbons (Fsp3) is 0.600. The van der Waals surface area contributed by atoms with E-state index in [1.165, 1.54) is 44.2 Å². The first-order valence-corrected chi connectivity index (χ1v) is 6.73. The lowest BCUT2D eigenvalue weighted by molar-refractivity contribution is 0.530. The van der Waals surface area contributed by atoms with Gasteiger partial charge in [0.05, 0.1) is 0 Å². The van der Waals surface area contributed by atoms with Crippen LogP contribution in [-0.2, 0) is 0 Å². The van der Waals surface area contributed by atoms with Crippen molar-refractivity contribution in [2.45, 2.75) is 52.0 Å². The van der Waals surface area contributed by atoms with Crippen LogP contribution in [0.3, 0.4) is 0 Å². The lowest BCUT2D eigenvalue weighted by Gasteiger charge is -2.14. The average molecular weight is 237 g/mol. The van der Waals surface area contributed by atoms with Gasteiger partial charge in [0.25, 0.3) is 0 Å². The van der Waals surface area contributed by atoms with Crippen molar-refractivity contribution < 1.29 is 4.39 Å². The molecule has 1 unspecified atom stereocenters. The van der Waals surface area contributed by atoms with Crippen LogP contribution >= 0.6 is 0 Å². The van der Waals surface area contributed by atoms with Gasteiger partial charge >= 0.3 is 0 Å². The molecule has 1 atom stereocenters. The number of hydrogen-bond donors (Lipinski definition) is 1. The highest BCUT2D eigenvalue weighted by Crippen LogP contribution is 2.12. The summed E-state index contributed by atoms with van der Waals surface area (Å²) < 4.78 is 12.8. The van der Waals surface area contributed by atoms with Gasteiger partial charge in [-0.25, -0.2) is 4.39 Å². The minimum atomic E-state index is -0.166. The molecule has 1 aromatic carbocycles. The molecule has 0 bridgehead atoms. The van der Waals surface area contributed by atoms with E-state index in [1.807, 2.05) is 12.1 Å². The number of nitrogens with one attached hydrogen (secondary N) is 1. The summed E-state index contributed by atoms with van der Waals surface area (Å²) >= 11 is 0. The Bertz CT molecular complexity index is 294. The number of benzene rings is 1. The molecule has 1 aromatic rings. The minimum Gasteiger partial charge on any atom is -0.310 e. The van der Waals surface area contributed by atoms with Crippen molar-refractivity contribution in [2.24, 2.45) is 0 Å². The van der Waals surface area contributed by atoms with E-state index in [4.69, 9.17) is 0 Å². The molecule has 0 heterocycles. The third-order valence-corrected chi connectivity index (χ3v) is 3.10. The van der Waals surface area contributed by atoms with Crippen molar-refractivity contribution >= 4 is 0 Å². The highest BCUT2D eigenvalue weighted by Gasteiger charge is 2.03. The summed E-state index contributed by atoms with van der Waals surface area (Å²) in [6.45, 7) is 5.40. The number of hydrogen-bond acceptors (Lipinski definition) is 1. The summed E-state index contributed by atoms with van der Waals surface area (Å²) in [7, 11) is 0. The summed E-state index contributed by atoms with van der Waals surface area (Å²) in [4.78, 5) is 0. The van der Waals surface area contributed by atoms with Crippen LogP contribution in [0.15, 0.2) is 24.3 Å². The fourth-order valence-corrected chi connectivity index (χ4v) is 1.92. The summed E-state index contributed by atoms with van der Waals surface area (Å²) in [6.07, 6.45) is 6.50. The minimum absolute atomic E-state index is 0.166. The first kappa shape index (κ1) is 14.2. The molecule has 96 valence electrons. The number of unbranched alkanes of at least 4 members (excludes halogenated alkanes) is 4. The van der Waals surface area contributed by atoms with E-state index in [0.29, 0.717) is 6.04 Å². The van der Waals surface area contributed by atoms with Crippen LogP contribution in [-0.4, -0.2) is 6.54 Å². The summed E-state index contributed by atoms with van der Waals surface area (Å²) in [6, 6.07) is 7.05. The molecule has 0 aromatic heterocycles. The number of rotatable bonds is 8. The zero-order valence-corrected chi connectivity index (χ0v) is 11.0. The van der Waals surface area contributed by atoms with Gasteiger partial charge in [-0.2, -0.15) is 0 Å². The van der Waals surface area contributed by atoms with E-state index >= 15 is 0 Å². The van der Waals surface area contributed by atoms with Gasteiger partial charge < -0.3 is 5.32 Å². The molecule has 0 spiro atoms. The quantitative estimate of drug-likeness (QED) is 0.659. The predicted octanol–water partition coefficient (Wildman–Crippen LogP) is 4.45. The van der Waals surface area contributed by atoms with E-state index in [0.717, 1.165) is 12.1 Å². The van der Waals surface area contributed by atoms with Gasteiger partial charge in [-0.1, -0.05) is 44.7 Å². The van der Waals surface area contributed by atoms with Gasteiger partial charge in [-0.15, -0.1) is 0 Å². The molecule has 17 heavy (non-hydrogen) atoms. The maximum absolute atomic E-state index is 12.8. The maximum atomic E-state index is 12.8. The van der Waals surface area contributed by atoms with Gasteiger partial charge in [0.2, 0.25) is 0 Å². The predicted molar refractivity (Wildman–Crippen MR) is 71.6 cm³/mol. The van der Waals surface area contributed by atoms with Crippen LogP contribution in [0.4, 0.5) is 4.39 Å². The molecule has 0 radical (unpaired) electrons. The third-order valence-electron chi connectivity index (χ3n) is 3.10. The first-order valence-electron chi connectivity index (χ1n) is 6.73. The van der Waals surface area contributed by atoms with Crippen LogP contribution in [0.5, 0.6) is 0 Å². The molecule has 0 saturated carbocycles. The van der Waals surface area contributed by atoms with Gasteiger partial charge in [0, 0.05) is 6.04 Å². The SMILES string of the molecule is CCCCCCCNC(C)c1ccc(F)cc1. The molecule has 0 saturated heterocycles. The van der Waals surface area contributed by atoms with Crippen LogP contribution < -0.4 is 5.32 Å². The molecule has 0 amide bonds. The molecule has 0 fully saturated rings. The Labute approximate surface area is 104 Å². The Hall–Kier alpha value is -0.890. The second-order valence-electron chi connectivity index (χ2n) is 4.64. The van der Waals surface area contributed by atoms with Crippen LogP contribution in [0.1, 0.15) is 57.6 Å². The molecular weight excluding hydrogens is 213 g/mol. The van der Waals surface area contributed by atoms with Crippen molar-refractivity contribution in [1.29, 1.82) is 0 Å². The lowest BCUT2D eigenvalue weighted by atomic mass is 10.1. The van der Waals surface area contributed by atoms with E-state index in [9.17, 15) is 4.39 Å². The molecule has 1 rings (SSSR count). The zero-order chi connectivity index (χ0) is 12.5. The van der Waals surface area contributed by atoms with Gasteiger partial charge in [0.15, 0.2) is 0 Å². The van der Waals surface area contributed by atoms with E-state index in [2.05, 4.69) is 19.2 Å². The normalized spacial score (nSPS) is 12.6. The highest BCUT2D eigenvalue weighted by molar-refractivity contribution is 5.19. The van der Waals surface area contributed by atoms with Gasteiger partial charge in [-0.3, -0.25) is 0 Å². The molecule has 1 nitrogen and oxygen atoms in total. The molecule has 0 aliphatic carbocycles. The van der Waals surface area contributed by atoms with Crippen LogP contribution in [0.2, 0.25) is 0 Å². The maximum Gasteiger partial charge on any atom is 0.123 e. The van der Waals surface area contributed by atoms with Gasteiger partial charge in [-0.05, 0) is 37.6 Å². The fourth-order valence-electron chi connectivity index (χ4n) is 1.92. The second-order valence-corrected chi connectivity index (χ2v) is 4.64. The largest absolute Gasteiger partial charge is 0.310 e. The topological polar surface area (TPSA) is 12.0 Å². The Morgan fingerprint density at radius 1 is 1.06 bits per heavy atom. The molecular formula is C15H24FN.